The zero-order chi connectivity index (χ0) is 23.6. The molecule has 7 nitrogen and oxygen atoms in total. The van der Waals surface area contributed by atoms with Gasteiger partial charge in [0, 0.05) is 5.56 Å². The maximum absolute atomic E-state index is 12.9. The van der Waals surface area contributed by atoms with Crippen LogP contribution < -0.4 is 16.4 Å². The molecule has 0 radical (unpaired) electrons. The van der Waals surface area contributed by atoms with Crippen molar-refractivity contribution >= 4 is 28.6 Å². The number of carbonyl (C=O) groups excluding carboxylic acids is 2. The predicted molar refractivity (Wildman–Crippen MR) is 128 cm³/mol. The van der Waals surface area contributed by atoms with Gasteiger partial charge in [0.1, 0.15) is 12.1 Å². The van der Waals surface area contributed by atoms with Gasteiger partial charge < -0.3 is 21.5 Å². The second kappa shape index (κ2) is 11.8. The van der Waals surface area contributed by atoms with Crippen LogP contribution in [0.5, 0.6) is 0 Å². The van der Waals surface area contributed by atoms with Crippen LogP contribution in [0.2, 0.25) is 0 Å². The van der Waals surface area contributed by atoms with Crippen molar-refractivity contribution in [1.29, 1.82) is 0 Å². The second-order valence-electron chi connectivity index (χ2n) is 7.94. The number of hydrogen-bond acceptors (Lipinski definition) is 4. The first-order valence-electron chi connectivity index (χ1n) is 11.0. The number of benzene rings is 3. The maximum Gasteiger partial charge on any atom is 0.326 e. The summed E-state index contributed by atoms with van der Waals surface area (Å²) in [5.74, 6) is -2.04. The number of aryl methyl sites for hydroxylation is 1. The molecule has 0 aliphatic carbocycles. The largest absolute Gasteiger partial charge is 0.480 e. The van der Waals surface area contributed by atoms with E-state index in [2.05, 4.69) is 10.6 Å². The van der Waals surface area contributed by atoms with Gasteiger partial charge in [-0.1, -0.05) is 60.7 Å². The Kier molecular flexibility index (Phi) is 8.55. The maximum atomic E-state index is 12.9. The summed E-state index contributed by atoms with van der Waals surface area (Å²) in [6.07, 6.45) is 1.58. The lowest BCUT2D eigenvalue weighted by Crippen LogP contribution is -2.51. The van der Waals surface area contributed by atoms with Crippen LogP contribution in [0, 0.1) is 0 Å². The Morgan fingerprint density at radius 2 is 1.52 bits per heavy atom. The van der Waals surface area contributed by atoms with E-state index < -0.39 is 29.9 Å². The SMILES string of the molecule is NCCC[C@H](NC(=O)c1ccc2ccccc2c1)C(=O)N[C@@H](CCc1ccccc1)C(=O)O. The van der Waals surface area contributed by atoms with Crippen LogP contribution in [-0.2, 0) is 16.0 Å². The minimum absolute atomic E-state index is 0.243. The van der Waals surface area contributed by atoms with E-state index in [0.717, 1.165) is 16.3 Å². The number of amides is 2. The minimum atomic E-state index is -1.11. The molecule has 0 aromatic heterocycles. The highest BCUT2D eigenvalue weighted by Gasteiger charge is 2.26. The predicted octanol–water partition coefficient (Wildman–Crippen LogP) is 2.88. The van der Waals surface area contributed by atoms with Crippen molar-refractivity contribution in [3.8, 4) is 0 Å². The topological polar surface area (TPSA) is 122 Å². The lowest BCUT2D eigenvalue weighted by Gasteiger charge is -2.21. The molecule has 33 heavy (non-hydrogen) atoms. The van der Waals surface area contributed by atoms with Gasteiger partial charge in [-0.3, -0.25) is 9.59 Å². The molecule has 3 rings (SSSR count). The Hall–Kier alpha value is -3.71. The number of nitrogens with one attached hydrogen (secondary N) is 2. The third-order valence-corrected chi connectivity index (χ3v) is 5.51. The van der Waals surface area contributed by atoms with Crippen molar-refractivity contribution in [2.75, 3.05) is 6.54 Å². The van der Waals surface area contributed by atoms with E-state index in [1.165, 1.54) is 0 Å². The summed E-state index contributed by atoms with van der Waals surface area (Å²) in [5.41, 5.74) is 7.02. The molecule has 0 unspecified atom stereocenters. The molecule has 172 valence electrons. The summed E-state index contributed by atoms with van der Waals surface area (Å²) >= 11 is 0. The molecule has 0 spiro atoms. The zero-order valence-electron chi connectivity index (χ0n) is 18.4. The molecule has 5 N–H and O–H groups in total. The molecule has 0 fully saturated rings. The van der Waals surface area contributed by atoms with Gasteiger partial charge in [-0.25, -0.2) is 4.79 Å². The molecule has 2 atom stereocenters. The van der Waals surface area contributed by atoms with E-state index in [-0.39, 0.29) is 6.42 Å². The van der Waals surface area contributed by atoms with E-state index in [1.54, 1.807) is 12.1 Å². The second-order valence-corrected chi connectivity index (χ2v) is 7.94. The van der Waals surface area contributed by atoms with E-state index in [9.17, 15) is 19.5 Å². The van der Waals surface area contributed by atoms with Crippen molar-refractivity contribution in [3.05, 3.63) is 83.9 Å². The first kappa shape index (κ1) is 23.9. The van der Waals surface area contributed by atoms with Gasteiger partial charge in [0.25, 0.3) is 5.91 Å². The van der Waals surface area contributed by atoms with Gasteiger partial charge in [-0.15, -0.1) is 0 Å². The first-order chi connectivity index (χ1) is 16.0. The van der Waals surface area contributed by atoms with Crippen LogP contribution in [-0.4, -0.2) is 41.5 Å². The van der Waals surface area contributed by atoms with Crippen molar-refractivity contribution in [3.63, 3.8) is 0 Å². The number of fused-ring (bicyclic) bond motifs is 1. The molecule has 0 saturated heterocycles. The van der Waals surface area contributed by atoms with Gasteiger partial charge in [0.05, 0.1) is 0 Å². The zero-order valence-corrected chi connectivity index (χ0v) is 18.4. The minimum Gasteiger partial charge on any atom is -0.480 e. The molecule has 3 aromatic rings. The lowest BCUT2D eigenvalue weighted by atomic mass is 10.0. The number of carboxylic acid groups (broad SMARTS) is 1. The number of carboxylic acids is 1. The van der Waals surface area contributed by atoms with Crippen LogP contribution in [0.15, 0.2) is 72.8 Å². The van der Waals surface area contributed by atoms with E-state index >= 15 is 0 Å². The summed E-state index contributed by atoms with van der Waals surface area (Å²) in [6, 6.07) is 20.5. The molecule has 7 heteroatoms. The fourth-order valence-electron chi connectivity index (χ4n) is 3.65. The van der Waals surface area contributed by atoms with Crippen molar-refractivity contribution in [2.24, 2.45) is 5.73 Å². The molecular formula is C26H29N3O4. The molecule has 2 amide bonds. The third-order valence-electron chi connectivity index (χ3n) is 5.51. The summed E-state index contributed by atoms with van der Waals surface area (Å²) in [7, 11) is 0. The highest BCUT2D eigenvalue weighted by Crippen LogP contribution is 2.16. The van der Waals surface area contributed by atoms with Gasteiger partial charge in [-0.2, -0.15) is 0 Å². The molecule has 0 heterocycles. The lowest BCUT2D eigenvalue weighted by molar-refractivity contribution is -0.142. The molecular weight excluding hydrogens is 418 g/mol. The Bertz CT molecular complexity index is 1100. The quantitative estimate of drug-likeness (QED) is 0.360. The van der Waals surface area contributed by atoms with E-state index in [1.807, 2.05) is 60.7 Å². The monoisotopic (exact) mass is 447 g/mol. The Morgan fingerprint density at radius 1 is 0.818 bits per heavy atom. The molecule has 0 aliphatic heterocycles. The van der Waals surface area contributed by atoms with E-state index in [4.69, 9.17) is 5.73 Å². The van der Waals surface area contributed by atoms with Gasteiger partial charge in [0.15, 0.2) is 0 Å². The highest BCUT2D eigenvalue weighted by molar-refractivity contribution is 6.01. The average Bonchev–Trinajstić information content (AvgIpc) is 2.84. The van der Waals surface area contributed by atoms with Gasteiger partial charge in [-0.05, 0) is 60.7 Å². The normalized spacial score (nSPS) is 12.6. The highest BCUT2D eigenvalue weighted by atomic mass is 16.4. The standard InChI is InChI=1S/C26H29N3O4/c27-16-6-11-22(28-24(30)21-14-13-19-9-4-5-10-20(19)17-21)25(31)29-23(26(32)33)15-12-18-7-2-1-3-8-18/h1-5,7-10,13-14,17,22-23H,6,11-12,15-16,27H2,(H,28,30)(H,29,31)(H,32,33)/t22-,23-/m0/s1. The van der Waals surface area contributed by atoms with Crippen molar-refractivity contribution < 1.29 is 19.5 Å². The Balaban J connectivity index is 1.68. The third kappa shape index (κ3) is 6.89. The fourth-order valence-corrected chi connectivity index (χ4v) is 3.65. The summed E-state index contributed by atoms with van der Waals surface area (Å²) in [4.78, 5) is 37.5. The van der Waals surface area contributed by atoms with Crippen molar-refractivity contribution in [1.82, 2.24) is 10.6 Å². The first-order valence-corrected chi connectivity index (χ1v) is 11.0. The summed E-state index contributed by atoms with van der Waals surface area (Å²) < 4.78 is 0. The Morgan fingerprint density at radius 3 is 2.21 bits per heavy atom. The van der Waals surface area contributed by atoms with Crippen LogP contribution in [0.1, 0.15) is 35.2 Å². The summed E-state index contributed by atoms with van der Waals surface area (Å²) in [6.45, 7) is 0.353. The van der Waals surface area contributed by atoms with Crippen molar-refractivity contribution in [2.45, 2.75) is 37.8 Å². The molecule has 0 bridgehead atoms. The van der Waals surface area contributed by atoms with Crippen LogP contribution in [0.3, 0.4) is 0 Å². The molecule has 0 saturated carbocycles. The number of aliphatic carboxylic acids is 1. The van der Waals surface area contributed by atoms with Crippen LogP contribution >= 0.6 is 0 Å². The number of hydrogen-bond donors (Lipinski definition) is 4. The fraction of sp³-hybridized carbons (Fsp3) is 0.269. The molecule has 0 aliphatic rings. The van der Waals surface area contributed by atoms with Gasteiger partial charge in [0.2, 0.25) is 5.91 Å². The molecule has 3 aromatic carbocycles. The number of rotatable bonds is 11. The number of nitrogens with two attached hydrogens (primary N) is 1. The Labute approximate surface area is 193 Å². The van der Waals surface area contributed by atoms with Crippen LogP contribution in [0.25, 0.3) is 10.8 Å². The summed E-state index contributed by atoms with van der Waals surface area (Å²) in [5, 5.41) is 16.9. The smallest absolute Gasteiger partial charge is 0.326 e. The number of carbonyl (C=O) groups is 3. The average molecular weight is 448 g/mol. The van der Waals surface area contributed by atoms with Crippen LogP contribution in [0.4, 0.5) is 0 Å². The van der Waals surface area contributed by atoms with Gasteiger partial charge >= 0.3 is 5.97 Å². The van der Waals surface area contributed by atoms with E-state index in [0.29, 0.717) is 31.4 Å².